The zero-order valence-corrected chi connectivity index (χ0v) is 14.1. The summed E-state index contributed by atoms with van der Waals surface area (Å²) in [4.78, 5) is 12.8. The smallest absolute Gasteiger partial charge is 0.292 e. The van der Waals surface area contributed by atoms with Gasteiger partial charge in [-0.05, 0) is 31.0 Å². The van der Waals surface area contributed by atoms with Gasteiger partial charge >= 0.3 is 0 Å². The molecule has 0 radical (unpaired) electrons. The molecule has 6 nitrogen and oxygen atoms in total. The zero-order chi connectivity index (χ0) is 18.0. The number of hydrogen-bond donors (Lipinski definition) is 0. The average Bonchev–Trinajstić information content (AvgIpc) is 3.10. The van der Waals surface area contributed by atoms with E-state index in [0.29, 0.717) is 23.7 Å². The number of nitrogens with zero attached hydrogens (tertiary/aromatic N) is 2. The van der Waals surface area contributed by atoms with E-state index in [4.69, 9.17) is 9.47 Å². The highest BCUT2D eigenvalue weighted by molar-refractivity contribution is 5.65. The van der Waals surface area contributed by atoms with Crippen molar-refractivity contribution in [2.45, 2.75) is 18.9 Å². The van der Waals surface area contributed by atoms with Crippen molar-refractivity contribution in [2.24, 2.45) is 0 Å². The lowest BCUT2D eigenvalue weighted by Gasteiger charge is -2.28. The summed E-state index contributed by atoms with van der Waals surface area (Å²) in [6.07, 6.45) is 1.66. The number of nitro groups is 1. The van der Waals surface area contributed by atoms with Gasteiger partial charge in [0.25, 0.3) is 5.69 Å². The van der Waals surface area contributed by atoms with E-state index in [1.54, 1.807) is 20.3 Å². The monoisotopic (exact) mass is 346 g/mol. The van der Waals surface area contributed by atoms with Crippen LogP contribution in [0.2, 0.25) is 0 Å². The highest BCUT2D eigenvalue weighted by atomic mass is 19.1. The van der Waals surface area contributed by atoms with Crippen molar-refractivity contribution in [3.63, 3.8) is 0 Å². The van der Waals surface area contributed by atoms with Gasteiger partial charge in [-0.2, -0.15) is 0 Å². The second kappa shape index (κ2) is 6.96. The summed E-state index contributed by atoms with van der Waals surface area (Å²) in [6, 6.07) is 8.94. The van der Waals surface area contributed by atoms with Crippen LogP contribution in [0.3, 0.4) is 0 Å². The molecule has 2 aromatic carbocycles. The quantitative estimate of drug-likeness (QED) is 0.602. The molecule has 0 aromatic heterocycles. The SMILES string of the molecule is COc1ccc(C2CCCN2c2cc(F)ccc2[N+](=O)[O-])c(OC)c1. The maximum absolute atomic E-state index is 13.7. The third-order valence-corrected chi connectivity index (χ3v) is 4.50. The minimum atomic E-state index is -0.493. The normalized spacial score (nSPS) is 16.8. The van der Waals surface area contributed by atoms with Gasteiger partial charge < -0.3 is 14.4 Å². The maximum Gasteiger partial charge on any atom is 0.292 e. The van der Waals surface area contributed by atoms with E-state index >= 15 is 0 Å². The summed E-state index contributed by atoms with van der Waals surface area (Å²) < 4.78 is 24.4. The lowest BCUT2D eigenvalue weighted by molar-refractivity contribution is -0.384. The summed E-state index contributed by atoms with van der Waals surface area (Å²) in [5.74, 6) is 0.824. The van der Waals surface area contributed by atoms with Gasteiger partial charge in [-0.3, -0.25) is 10.1 Å². The van der Waals surface area contributed by atoms with Crippen LogP contribution < -0.4 is 14.4 Å². The fraction of sp³-hybridized carbons (Fsp3) is 0.333. The predicted molar refractivity (Wildman–Crippen MR) is 91.9 cm³/mol. The first-order valence-electron chi connectivity index (χ1n) is 7.97. The highest BCUT2D eigenvalue weighted by Gasteiger charge is 2.32. The van der Waals surface area contributed by atoms with E-state index in [1.165, 1.54) is 12.1 Å². The second-order valence-electron chi connectivity index (χ2n) is 5.85. The molecule has 0 spiro atoms. The molecule has 0 N–H and O–H groups in total. The van der Waals surface area contributed by atoms with Crippen LogP contribution in [0.4, 0.5) is 15.8 Å². The lowest BCUT2D eigenvalue weighted by Crippen LogP contribution is -2.24. The molecule has 1 aliphatic heterocycles. The van der Waals surface area contributed by atoms with Crippen LogP contribution in [0.5, 0.6) is 11.5 Å². The highest BCUT2D eigenvalue weighted by Crippen LogP contribution is 2.43. The summed E-state index contributed by atoms with van der Waals surface area (Å²) in [5.41, 5.74) is 1.10. The summed E-state index contributed by atoms with van der Waals surface area (Å²) in [5, 5.41) is 11.4. The van der Waals surface area contributed by atoms with E-state index in [-0.39, 0.29) is 11.7 Å². The number of benzene rings is 2. The minimum Gasteiger partial charge on any atom is -0.497 e. The van der Waals surface area contributed by atoms with Gasteiger partial charge in [0.1, 0.15) is 23.0 Å². The van der Waals surface area contributed by atoms with Crippen molar-refractivity contribution in [1.29, 1.82) is 0 Å². The fourth-order valence-corrected chi connectivity index (χ4v) is 3.35. The molecule has 1 fully saturated rings. The van der Waals surface area contributed by atoms with Crippen molar-refractivity contribution in [3.8, 4) is 11.5 Å². The maximum atomic E-state index is 13.7. The number of hydrogen-bond acceptors (Lipinski definition) is 5. The van der Waals surface area contributed by atoms with Gasteiger partial charge in [0, 0.05) is 30.3 Å². The van der Waals surface area contributed by atoms with Gasteiger partial charge in [0.05, 0.1) is 25.2 Å². The third-order valence-electron chi connectivity index (χ3n) is 4.50. The molecule has 1 unspecified atom stereocenters. The average molecular weight is 346 g/mol. The number of rotatable bonds is 5. The Morgan fingerprint density at radius 3 is 2.68 bits per heavy atom. The Morgan fingerprint density at radius 1 is 1.20 bits per heavy atom. The number of nitro benzene ring substituents is 1. The van der Waals surface area contributed by atoms with Gasteiger partial charge in [0.2, 0.25) is 0 Å². The third kappa shape index (κ3) is 3.22. The predicted octanol–water partition coefficient (Wildman–Crippen LogP) is 4.09. The molecule has 132 valence electrons. The first-order chi connectivity index (χ1) is 12.0. The Kier molecular flexibility index (Phi) is 4.74. The molecule has 1 aliphatic rings. The fourth-order valence-electron chi connectivity index (χ4n) is 3.35. The Bertz CT molecular complexity index is 797. The van der Waals surface area contributed by atoms with E-state index in [0.717, 1.165) is 24.5 Å². The Balaban J connectivity index is 2.05. The van der Waals surface area contributed by atoms with Crippen LogP contribution >= 0.6 is 0 Å². The molecule has 1 atom stereocenters. The van der Waals surface area contributed by atoms with E-state index in [1.807, 2.05) is 17.0 Å². The zero-order valence-electron chi connectivity index (χ0n) is 14.1. The van der Waals surface area contributed by atoms with Gasteiger partial charge in [-0.25, -0.2) is 4.39 Å². The molecule has 3 rings (SSSR count). The van der Waals surface area contributed by atoms with Crippen LogP contribution in [0.1, 0.15) is 24.4 Å². The summed E-state index contributed by atoms with van der Waals surface area (Å²) >= 11 is 0. The van der Waals surface area contributed by atoms with Gasteiger partial charge in [-0.1, -0.05) is 0 Å². The Labute approximate surface area is 144 Å². The Hall–Kier alpha value is -2.83. The molecule has 7 heteroatoms. The first kappa shape index (κ1) is 17.0. The molecule has 25 heavy (non-hydrogen) atoms. The van der Waals surface area contributed by atoms with E-state index in [9.17, 15) is 14.5 Å². The molecular formula is C18H19FN2O4. The van der Waals surface area contributed by atoms with E-state index < -0.39 is 10.7 Å². The number of methoxy groups -OCH3 is 2. The van der Waals surface area contributed by atoms with Gasteiger partial charge in [-0.15, -0.1) is 0 Å². The molecule has 1 saturated heterocycles. The Morgan fingerprint density at radius 2 is 2.00 bits per heavy atom. The minimum absolute atomic E-state index is 0.0965. The number of ether oxygens (including phenoxy) is 2. The van der Waals surface area contributed by atoms with Gasteiger partial charge in [0.15, 0.2) is 0 Å². The summed E-state index contributed by atoms with van der Waals surface area (Å²) in [7, 11) is 3.15. The molecule has 2 aromatic rings. The van der Waals surface area contributed by atoms with Crippen molar-refractivity contribution in [2.75, 3.05) is 25.7 Å². The van der Waals surface area contributed by atoms with E-state index in [2.05, 4.69) is 0 Å². The van der Waals surface area contributed by atoms with Crippen LogP contribution in [0, 0.1) is 15.9 Å². The molecule has 0 amide bonds. The molecule has 0 saturated carbocycles. The number of halogens is 1. The molecule has 0 aliphatic carbocycles. The van der Waals surface area contributed by atoms with Crippen molar-refractivity contribution >= 4 is 11.4 Å². The lowest BCUT2D eigenvalue weighted by atomic mass is 10.0. The van der Waals surface area contributed by atoms with Crippen LogP contribution in [0.15, 0.2) is 36.4 Å². The molecule has 0 bridgehead atoms. The molecule has 1 heterocycles. The van der Waals surface area contributed by atoms with Crippen LogP contribution in [0.25, 0.3) is 0 Å². The standard InChI is InChI=1S/C18H19FN2O4/c1-24-13-6-7-14(18(11-13)25-2)15-4-3-9-20(15)17-10-12(19)5-8-16(17)21(22)23/h5-8,10-11,15H,3-4,9H2,1-2H3. The largest absolute Gasteiger partial charge is 0.497 e. The number of anilines is 1. The first-order valence-corrected chi connectivity index (χ1v) is 7.97. The van der Waals surface area contributed by atoms with Crippen molar-refractivity contribution < 1.29 is 18.8 Å². The molecular weight excluding hydrogens is 327 g/mol. The summed E-state index contributed by atoms with van der Waals surface area (Å²) in [6.45, 7) is 0.615. The van der Waals surface area contributed by atoms with Crippen LogP contribution in [-0.4, -0.2) is 25.7 Å². The van der Waals surface area contributed by atoms with Crippen molar-refractivity contribution in [1.82, 2.24) is 0 Å². The van der Waals surface area contributed by atoms with Crippen LogP contribution in [-0.2, 0) is 0 Å². The topological polar surface area (TPSA) is 64.8 Å². The second-order valence-corrected chi connectivity index (χ2v) is 5.85. The van der Waals surface area contributed by atoms with Crippen molar-refractivity contribution in [3.05, 3.63) is 57.9 Å².